The van der Waals surface area contributed by atoms with E-state index in [1.54, 1.807) is 0 Å². The van der Waals surface area contributed by atoms with Gasteiger partial charge in [-0.05, 0) is 43.5 Å². The summed E-state index contributed by atoms with van der Waals surface area (Å²) in [6, 6.07) is 8.81. The van der Waals surface area contributed by atoms with Crippen molar-refractivity contribution in [2.75, 3.05) is 20.2 Å². The van der Waals surface area contributed by atoms with Gasteiger partial charge in [-0.1, -0.05) is 45.2 Å². The quantitative estimate of drug-likeness (QED) is 0.831. The van der Waals surface area contributed by atoms with Gasteiger partial charge in [0.25, 0.3) is 0 Å². The van der Waals surface area contributed by atoms with Crippen LogP contribution in [0.15, 0.2) is 24.3 Å². The summed E-state index contributed by atoms with van der Waals surface area (Å²) in [5.41, 5.74) is 1.31. The van der Waals surface area contributed by atoms with Crippen molar-refractivity contribution in [3.63, 3.8) is 0 Å². The van der Waals surface area contributed by atoms with Crippen molar-refractivity contribution in [1.82, 2.24) is 4.90 Å². The average molecular weight is 305 g/mol. The third-order valence-electron chi connectivity index (χ3n) is 4.69. The van der Waals surface area contributed by atoms with Crippen LogP contribution in [0, 0.1) is 0 Å². The molecule has 0 bridgehead atoms. The lowest BCUT2D eigenvalue weighted by molar-refractivity contribution is 0.0561. The van der Waals surface area contributed by atoms with Gasteiger partial charge in [0.1, 0.15) is 18.5 Å². The second-order valence-electron chi connectivity index (χ2n) is 6.92. The molecule has 0 aromatic heterocycles. The number of benzene rings is 1. The number of hydrogen-bond donors (Lipinski definition) is 1. The van der Waals surface area contributed by atoms with E-state index in [0.29, 0.717) is 25.1 Å². The SMILES string of the molecule is CC(C)c1ccc(OCC(O)CN(C)C2CCCCC2)cc1. The van der Waals surface area contributed by atoms with Gasteiger partial charge >= 0.3 is 0 Å². The van der Waals surface area contributed by atoms with Crippen molar-refractivity contribution in [3.05, 3.63) is 29.8 Å². The molecule has 0 radical (unpaired) electrons. The molecule has 1 fully saturated rings. The molecule has 3 heteroatoms. The number of ether oxygens (including phenoxy) is 1. The average Bonchev–Trinajstić information content (AvgIpc) is 2.54. The summed E-state index contributed by atoms with van der Waals surface area (Å²) in [6.07, 6.45) is 6.11. The standard InChI is InChI=1S/C19H31NO2/c1-15(2)16-9-11-19(12-10-16)22-14-18(21)13-20(3)17-7-5-4-6-8-17/h9-12,15,17-18,21H,4-8,13-14H2,1-3H3. The van der Waals surface area contributed by atoms with Gasteiger partial charge in [-0.3, -0.25) is 0 Å². The highest BCUT2D eigenvalue weighted by molar-refractivity contribution is 5.28. The van der Waals surface area contributed by atoms with Crippen molar-refractivity contribution in [1.29, 1.82) is 0 Å². The number of rotatable bonds is 7. The number of nitrogens with zero attached hydrogens (tertiary/aromatic N) is 1. The zero-order valence-corrected chi connectivity index (χ0v) is 14.3. The molecule has 3 nitrogen and oxygen atoms in total. The topological polar surface area (TPSA) is 32.7 Å². The van der Waals surface area contributed by atoms with Crippen molar-refractivity contribution < 1.29 is 9.84 Å². The Bertz CT molecular complexity index is 424. The van der Waals surface area contributed by atoms with E-state index in [2.05, 4.69) is 37.9 Å². The summed E-state index contributed by atoms with van der Waals surface area (Å²) in [4.78, 5) is 2.30. The molecule has 1 aromatic rings. The van der Waals surface area contributed by atoms with Gasteiger partial charge in [-0.2, -0.15) is 0 Å². The maximum atomic E-state index is 10.2. The molecule has 0 amide bonds. The second-order valence-corrected chi connectivity index (χ2v) is 6.92. The first-order valence-electron chi connectivity index (χ1n) is 8.67. The fourth-order valence-corrected chi connectivity index (χ4v) is 3.20. The molecule has 1 aliphatic carbocycles. The molecule has 0 aliphatic heterocycles. The Kier molecular flexibility index (Phi) is 6.71. The first kappa shape index (κ1) is 17.3. The van der Waals surface area contributed by atoms with Gasteiger partial charge in [0, 0.05) is 12.6 Å². The van der Waals surface area contributed by atoms with Crippen molar-refractivity contribution >= 4 is 0 Å². The summed E-state index contributed by atoms with van der Waals surface area (Å²) in [7, 11) is 2.12. The van der Waals surface area contributed by atoms with Crippen molar-refractivity contribution in [2.45, 2.75) is 64.0 Å². The Morgan fingerprint density at radius 3 is 2.36 bits per heavy atom. The van der Waals surface area contributed by atoms with Crippen LogP contribution in [-0.2, 0) is 0 Å². The normalized spacial score (nSPS) is 17.9. The highest BCUT2D eigenvalue weighted by atomic mass is 16.5. The molecule has 0 heterocycles. The summed E-state index contributed by atoms with van der Waals surface area (Å²) < 4.78 is 5.71. The van der Waals surface area contributed by atoms with Gasteiger partial charge in [0.05, 0.1) is 0 Å². The first-order valence-corrected chi connectivity index (χ1v) is 8.67. The molecule has 1 N–H and O–H groups in total. The molecule has 1 aromatic carbocycles. The summed E-state index contributed by atoms with van der Waals surface area (Å²) >= 11 is 0. The molecule has 2 rings (SSSR count). The van der Waals surface area contributed by atoms with Crippen molar-refractivity contribution in [2.24, 2.45) is 0 Å². The molecular weight excluding hydrogens is 274 g/mol. The summed E-state index contributed by atoms with van der Waals surface area (Å²) in [6.45, 7) is 5.41. The van der Waals surface area contributed by atoms with Gasteiger partial charge in [0.2, 0.25) is 0 Å². The van der Waals surface area contributed by atoms with Crippen LogP contribution in [0.4, 0.5) is 0 Å². The van der Waals surface area contributed by atoms with E-state index in [1.165, 1.54) is 37.7 Å². The van der Waals surface area contributed by atoms with Crippen LogP contribution >= 0.6 is 0 Å². The minimum absolute atomic E-state index is 0.359. The van der Waals surface area contributed by atoms with Crippen LogP contribution in [0.5, 0.6) is 5.75 Å². The number of hydrogen-bond acceptors (Lipinski definition) is 3. The van der Waals surface area contributed by atoms with Gasteiger partial charge in [0.15, 0.2) is 0 Å². The first-order chi connectivity index (χ1) is 10.6. The molecule has 1 aliphatic rings. The minimum Gasteiger partial charge on any atom is -0.491 e. The van der Waals surface area contributed by atoms with Gasteiger partial charge in [-0.25, -0.2) is 0 Å². The van der Waals surface area contributed by atoms with Crippen LogP contribution in [0.3, 0.4) is 0 Å². The largest absolute Gasteiger partial charge is 0.491 e. The molecule has 124 valence electrons. The molecule has 22 heavy (non-hydrogen) atoms. The molecule has 0 saturated heterocycles. The fourth-order valence-electron chi connectivity index (χ4n) is 3.20. The number of aliphatic hydroxyl groups is 1. The number of likely N-dealkylation sites (N-methyl/N-ethyl adjacent to an activating group) is 1. The van der Waals surface area contributed by atoms with Crippen LogP contribution in [0.2, 0.25) is 0 Å². The van der Waals surface area contributed by atoms with Crippen LogP contribution in [-0.4, -0.2) is 42.4 Å². The molecule has 1 saturated carbocycles. The molecular formula is C19H31NO2. The Hall–Kier alpha value is -1.06. The zero-order chi connectivity index (χ0) is 15.9. The maximum Gasteiger partial charge on any atom is 0.119 e. The van der Waals surface area contributed by atoms with Crippen LogP contribution in [0.1, 0.15) is 57.4 Å². The predicted molar refractivity (Wildman–Crippen MR) is 91.5 cm³/mol. The Morgan fingerprint density at radius 2 is 1.77 bits per heavy atom. The van der Waals surface area contributed by atoms with Gasteiger partial charge < -0.3 is 14.7 Å². The highest BCUT2D eigenvalue weighted by Gasteiger charge is 2.20. The van der Waals surface area contributed by atoms with E-state index in [1.807, 2.05) is 12.1 Å². The lowest BCUT2D eigenvalue weighted by Crippen LogP contribution is -2.40. The monoisotopic (exact) mass is 305 g/mol. The smallest absolute Gasteiger partial charge is 0.119 e. The molecule has 1 atom stereocenters. The van der Waals surface area contributed by atoms with E-state index in [9.17, 15) is 5.11 Å². The highest BCUT2D eigenvalue weighted by Crippen LogP contribution is 2.22. The number of aliphatic hydroxyl groups excluding tert-OH is 1. The molecule has 1 unspecified atom stereocenters. The Morgan fingerprint density at radius 1 is 1.14 bits per heavy atom. The third-order valence-corrected chi connectivity index (χ3v) is 4.69. The van der Waals surface area contributed by atoms with E-state index >= 15 is 0 Å². The van der Waals surface area contributed by atoms with Crippen molar-refractivity contribution in [3.8, 4) is 5.75 Å². The fraction of sp³-hybridized carbons (Fsp3) is 0.684. The summed E-state index contributed by atoms with van der Waals surface area (Å²) in [5.74, 6) is 1.37. The van der Waals surface area contributed by atoms with Crippen LogP contribution in [0.25, 0.3) is 0 Å². The predicted octanol–water partition coefficient (Wildman–Crippen LogP) is 3.81. The minimum atomic E-state index is -0.434. The van der Waals surface area contributed by atoms with Crippen LogP contribution < -0.4 is 4.74 Å². The second kappa shape index (κ2) is 8.54. The van der Waals surface area contributed by atoms with E-state index in [4.69, 9.17) is 4.74 Å². The lowest BCUT2D eigenvalue weighted by atomic mass is 9.94. The molecule has 0 spiro atoms. The van der Waals surface area contributed by atoms with E-state index in [0.717, 1.165) is 5.75 Å². The Balaban J connectivity index is 1.73. The third kappa shape index (κ3) is 5.29. The maximum absolute atomic E-state index is 10.2. The van der Waals surface area contributed by atoms with E-state index in [-0.39, 0.29) is 0 Å². The lowest BCUT2D eigenvalue weighted by Gasteiger charge is -2.32. The van der Waals surface area contributed by atoms with E-state index < -0.39 is 6.10 Å². The van der Waals surface area contributed by atoms with Gasteiger partial charge in [-0.15, -0.1) is 0 Å². The zero-order valence-electron chi connectivity index (χ0n) is 14.3. The summed E-state index contributed by atoms with van der Waals surface area (Å²) in [5, 5.41) is 10.2. The Labute approximate surface area is 135 Å².